The second-order valence-corrected chi connectivity index (χ2v) is 35.5. The number of piperidine rings is 1. The highest BCUT2D eigenvalue weighted by Crippen LogP contribution is 2.40. The van der Waals surface area contributed by atoms with Crippen LogP contribution in [0.5, 0.6) is 17.2 Å². The van der Waals surface area contributed by atoms with Gasteiger partial charge in [-0.25, -0.2) is 18.4 Å². The summed E-state index contributed by atoms with van der Waals surface area (Å²) in [6, 6.07) is 73.2. The lowest BCUT2D eigenvalue weighted by Crippen LogP contribution is -2.39. The Hall–Kier alpha value is -15.3. The highest BCUT2D eigenvalue weighted by Gasteiger charge is 2.35. The van der Waals surface area contributed by atoms with Gasteiger partial charge in [-0.3, -0.25) is 9.59 Å². The molecular weight excluding hydrogens is 1850 g/mol. The van der Waals surface area contributed by atoms with Crippen molar-refractivity contribution in [3.8, 4) is 142 Å². The van der Waals surface area contributed by atoms with E-state index in [1.807, 2.05) is 140 Å². The van der Waals surface area contributed by atoms with Gasteiger partial charge in [0.05, 0.1) is 59.5 Å². The van der Waals surface area contributed by atoms with Crippen LogP contribution in [0.25, 0.3) is 125 Å². The third kappa shape index (κ3) is 29.3. The molecule has 29 nitrogen and oxygen atoms in total. The van der Waals surface area contributed by atoms with Gasteiger partial charge in [0.25, 0.3) is 23.6 Å². The monoisotopic (exact) mass is 1970 g/mol. The van der Waals surface area contributed by atoms with Crippen molar-refractivity contribution in [3.05, 3.63) is 287 Å². The fraction of sp³-hybridized carbons (Fsp3) is 0.316. The van der Waals surface area contributed by atoms with E-state index in [9.17, 15) is 33.1 Å². The number of anilines is 1. The maximum atomic E-state index is 14.8. The summed E-state index contributed by atoms with van der Waals surface area (Å²) in [5.41, 5.74) is 21.5. The molecule has 5 heterocycles. The number of methoxy groups -OCH3 is 4. The fourth-order valence-electron chi connectivity index (χ4n) is 16.6. The summed E-state index contributed by atoms with van der Waals surface area (Å²) in [6.45, 7) is 21.5. The molecule has 0 radical (unpaired) electrons. The average Bonchev–Trinajstić information content (AvgIpc) is 1.46. The first-order valence-corrected chi connectivity index (χ1v) is 48.1. The van der Waals surface area contributed by atoms with Crippen molar-refractivity contribution in [1.82, 2.24) is 40.6 Å². The third-order valence-electron chi connectivity index (χ3n) is 23.8. The third-order valence-corrected chi connectivity index (χ3v) is 23.8. The second kappa shape index (κ2) is 52.6. The molecule has 1 aliphatic heterocycles. The van der Waals surface area contributed by atoms with E-state index >= 15 is 0 Å². The molecule has 0 saturated carbocycles. The molecule has 0 amide bonds. The normalized spacial score (nSPS) is 12.5. The van der Waals surface area contributed by atoms with Crippen LogP contribution < -0.4 is 19.1 Å². The molecule has 11 aromatic carbocycles. The number of aliphatic carboxylic acids is 2. The highest BCUT2D eigenvalue weighted by atomic mass is 19.1. The molecule has 1 fully saturated rings. The Balaban J connectivity index is 0.000000162. The number of halogens is 2. The number of carboxylic acid groups (broad SMARTS) is 2. The number of hydrogen-bond acceptors (Lipinski definition) is 27. The molecular formula is C114H121F2N9O20. The lowest BCUT2D eigenvalue weighted by Gasteiger charge is -2.36. The van der Waals surface area contributed by atoms with Crippen LogP contribution in [0.15, 0.2) is 249 Å². The minimum absolute atomic E-state index is 0.0912. The number of carboxylic acids is 2. The molecule has 1 saturated heterocycles. The van der Waals surface area contributed by atoms with Crippen LogP contribution in [-0.2, 0) is 91.6 Å². The van der Waals surface area contributed by atoms with Crippen molar-refractivity contribution in [2.75, 3.05) is 79.5 Å². The summed E-state index contributed by atoms with van der Waals surface area (Å²) in [5.74, 6) is -0.368. The fourth-order valence-corrected chi connectivity index (χ4v) is 16.6. The first kappa shape index (κ1) is 107. The van der Waals surface area contributed by atoms with Gasteiger partial charge in [0, 0.05) is 115 Å². The van der Waals surface area contributed by atoms with E-state index < -0.39 is 35.1 Å². The van der Waals surface area contributed by atoms with E-state index in [0.717, 1.165) is 102 Å². The van der Waals surface area contributed by atoms with Gasteiger partial charge in [-0.15, -0.1) is 0 Å². The van der Waals surface area contributed by atoms with Gasteiger partial charge in [0.15, 0.2) is 23.1 Å². The number of carbonyl (C=O) groups excluding carboxylic acids is 2. The summed E-state index contributed by atoms with van der Waals surface area (Å²) in [4.78, 5) is 65.7. The van der Waals surface area contributed by atoms with Crippen molar-refractivity contribution in [2.24, 2.45) is 5.41 Å². The molecule has 4 aromatic heterocycles. The summed E-state index contributed by atoms with van der Waals surface area (Å²) < 4.78 is 105. The summed E-state index contributed by atoms with van der Waals surface area (Å²) >= 11 is 0. The van der Waals surface area contributed by atoms with Crippen molar-refractivity contribution in [3.63, 3.8) is 0 Å². The molecule has 0 bridgehead atoms. The molecule has 2 unspecified atom stereocenters. The molecule has 16 rings (SSSR count). The number of nitrogens with zero attached hydrogens (tertiary/aromatic N) is 9. The van der Waals surface area contributed by atoms with Crippen molar-refractivity contribution >= 4 is 29.6 Å². The van der Waals surface area contributed by atoms with Crippen LogP contribution in [0.3, 0.4) is 0 Å². The van der Waals surface area contributed by atoms with Crippen LogP contribution in [0.2, 0.25) is 0 Å². The molecule has 0 spiro atoms. The van der Waals surface area contributed by atoms with Crippen molar-refractivity contribution in [1.29, 1.82) is 0 Å². The molecule has 2 N–H and O–H groups in total. The average molecular weight is 1980 g/mol. The van der Waals surface area contributed by atoms with Gasteiger partial charge in [-0.1, -0.05) is 170 Å². The smallest absolute Gasteiger partial charge is 0.345 e. The van der Waals surface area contributed by atoms with Crippen LogP contribution in [0.1, 0.15) is 138 Å². The number of aromatic nitrogens is 8. The second-order valence-electron chi connectivity index (χ2n) is 35.5. The van der Waals surface area contributed by atoms with Crippen LogP contribution >= 0.6 is 0 Å². The summed E-state index contributed by atoms with van der Waals surface area (Å²) in [7, 11) is 6.70. The molecule has 2 atom stereocenters. The largest absolute Gasteiger partial charge is 0.494 e. The van der Waals surface area contributed by atoms with Gasteiger partial charge in [-0.2, -0.15) is 19.9 Å². The molecule has 0 aliphatic carbocycles. The van der Waals surface area contributed by atoms with Gasteiger partial charge < -0.3 is 80.6 Å². The van der Waals surface area contributed by atoms with E-state index in [4.69, 9.17) is 70.6 Å². The first-order chi connectivity index (χ1) is 70.2. The van der Waals surface area contributed by atoms with Crippen LogP contribution in [-0.4, -0.2) is 161 Å². The van der Waals surface area contributed by atoms with Gasteiger partial charge in [-0.05, 0) is 261 Å². The zero-order valence-corrected chi connectivity index (χ0v) is 83.8. The zero-order chi connectivity index (χ0) is 103. The quantitative estimate of drug-likeness (QED) is 0.0265. The number of ether oxygens (including phenoxy) is 10. The number of hydrogen-bond donors (Lipinski definition) is 2. The first-order valence-electron chi connectivity index (χ1n) is 48.1. The van der Waals surface area contributed by atoms with Crippen molar-refractivity contribution in [2.45, 2.75) is 159 Å². The molecule has 756 valence electrons. The molecule has 1 aliphatic rings. The van der Waals surface area contributed by atoms with Crippen molar-refractivity contribution < 1.29 is 104 Å². The zero-order valence-electron chi connectivity index (χ0n) is 83.8. The number of esters is 2. The number of aryl methyl sites for hydroxylation is 3. The predicted molar refractivity (Wildman–Crippen MR) is 546 cm³/mol. The Kier molecular flexibility index (Phi) is 38.8. The highest BCUT2D eigenvalue weighted by molar-refractivity contribution is 5.79. The Bertz CT molecular complexity index is 6850. The Labute approximate surface area is 841 Å². The Morgan fingerprint density at radius 3 is 1.32 bits per heavy atom. The predicted octanol–water partition coefficient (Wildman–Crippen LogP) is 24.0. The van der Waals surface area contributed by atoms with Crippen LogP contribution in [0.4, 0.5) is 14.5 Å². The Morgan fingerprint density at radius 1 is 0.441 bits per heavy atom. The van der Waals surface area contributed by atoms with E-state index in [1.165, 1.54) is 65.9 Å². The van der Waals surface area contributed by atoms with E-state index in [2.05, 4.69) is 128 Å². The SMILES string of the molecule is CCOC(=O)CCCOc1ccc(-c2noc(-c3ccc(-c4ccccc4CC)c(COC)c3)n2)cc1F.CCOC(=O)CCCOc1cccc(-c2noc(-c3ccc(N4CCCCC4C)c(COC)c3)n2)c1.COCc1cc(-c2nc(-c3ccc(OC(C(=O)O)C(C)(C)C)c(F)c3)no2)ccc1-c1ccccc1C.COCc1cc(-c2nc(-c3cccc(CCOCC(=O)O)c3)no2)ccc1-c1ccccc1C. The number of rotatable bonds is 41. The van der Waals surface area contributed by atoms with Gasteiger partial charge in [0.1, 0.15) is 12.4 Å². The van der Waals surface area contributed by atoms with E-state index in [1.54, 1.807) is 75.2 Å². The number of carbonyl (C=O) groups is 4. The molecule has 31 heteroatoms. The minimum Gasteiger partial charge on any atom is -0.494 e. The standard InChI is InChI=1S/C30H31FN2O5.C29H29FN2O5.C28H35N3O5.C27H26N2O5/c1-4-20-9-6-7-10-24(20)25-14-12-22(17-23(25)19-35-3)30-32-29(33-38-30)21-13-15-27(26(31)18-21)37-16-8-11-28(34)36-5-2;1-17-8-6-7-9-21(17)22-12-10-19(14-20(22)16-35-5)27-31-26(32-37-27)18-11-13-24(23(30)15-18)36-25(28(33)34)29(2,3)4;1-4-34-26(32)12-8-16-35-24-11-7-10-21(18-24)27-29-28(36-30-27)22-13-14-25(23(17-22)19-33-3)31-15-6-5-9-20(31)2;1-18-6-3-4-9-23(18)24-11-10-21(15-22(24)16-32-2)27-28-26(29-34-27)20-8-5-7-19(14-20)12-13-33-17-25(30)31/h6-7,9-10,12-15,17-18H,4-5,8,11,16,19H2,1-3H3;6-15,25H,16H2,1-5H3,(H,33,34);7,10-11,13-14,17-18,20H,4-6,8-9,12,15-16,19H2,1-3H3;3-11,14-15H,12-13,16-17H2,1-2H3,(H,30,31). The van der Waals surface area contributed by atoms with E-state index in [-0.39, 0.29) is 60.6 Å². The lowest BCUT2D eigenvalue weighted by molar-refractivity contribution is -0.150. The summed E-state index contributed by atoms with van der Waals surface area (Å²) in [6.07, 6.45) is 5.56. The van der Waals surface area contributed by atoms with E-state index in [0.29, 0.717) is 136 Å². The maximum absolute atomic E-state index is 14.8. The minimum atomic E-state index is -1.21. The lowest BCUT2D eigenvalue weighted by atomic mass is 9.89. The number of benzene rings is 11. The molecule has 145 heavy (non-hydrogen) atoms. The summed E-state index contributed by atoms with van der Waals surface area (Å²) in [5, 5.41) is 34.6. The van der Waals surface area contributed by atoms with Gasteiger partial charge >= 0.3 is 23.9 Å². The van der Waals surface area contributed by atoms with Gasteiger partial charge in [0.2, 0.25) is 29.4 Å². The Morgan fingerprint density at radius 2 is 0.862 bits per heavy atom. The van der Waals surface area contributed by atoms with Crippen LogP contribution in [0, 0.1) is 30.9 Å². The molecule has 15 aromatic rings. The topological polar surface area (TPSA) is 360 Å². The maximum Gasteiger partial charge on any atom is 0.345 e.